The Morgan fingerprint density at radius 2 is 1.86 bits per heavy atom. The van der Waals surface area contributed by atoms with E-state index in [-0.39, 0.29) is 5.91 Å². The zero-order valence-electron chi connectivity index (χ0n) is 11.7. The van der Waals surface area contributed by atoms with Crippen LogP contribution in [0.15, 0.2) is 54.6 Å². The molecule has 0 atom stereocenters. The summed E-state index contributed by atoms with van der Waals surface area (Å²) in [5.74, 6) is 0.0310. The molecule has 0 aliphatic carbocycles. The number of anilines is 2. The van der Waals surface area contributed by atoms with Gasteiger partial charge >= 0.3 is 0 Å². The molecule has 0 radical (unpaired) electrons. The van der Waals surface area contributed by atoms with E-state index in [0.717, 1.165) is 20.7 Å². The molecule has 0 aliphatic heterocycles. The van der Waals surface area contributed by atoms with Crippen molar-refractivity contribution in [2.24, 2.45) is 0 Å². The second kappa shape index (κ2) is 5.58. The van der Waals surface area contributed by atoms with Crippen LogP contribution in [0.25, 0.3) is 10.1 Å². The number of rotatable bonds is 3. The number of hydrogen-bond donors (Lipinski definition) is 1. The smallest absolute Gasteiger partial charge is 0.268 e. The Labute approximate surface area is 127 Å². The zero-order chi connectivity index (χ0) is 14.8. The van der Waals surface area contributed by atoms with Gasteiger partial charge in [0.2, 0.25) is 0 Å². The van der Waals surface area contributed by atoms with Crippen LogP contribution in [0.2, 0.25) is 0 Å². The fourth-order valence-corrected chi connectivity index (χ4v) is 3.33. The molecule has 0 fully saturated rings. The van der Waals surface area contributed by atoms with Crippen molar-refractivity contribution >= 4 is 38.7 Å². The average molecular weight is 296 g/mol. The number of nitrogens with zero attached hydrogens (tertiary/aromatic N) is 1. The van der Waals surface area contributed by atoms with Crippen LogP contribution in [0.4, 0.5) is 11.4 Å². The number of carbonyl (C=O) groups is 1. The Kier molecular flexibility index (Phi) is 3.62. The maximum absolute atomic E-state index is 12.7. The molecule has 1 aromatic heterocycles. The van der Waals surface area contributed by atoms with E-state index >= 15 is 0 Å². The maximum atomic E-state index is 12.7. The highest BCUT2D eigenvalue weighted by molar-refractivity contribution is 7.20. The maximum Gasteiger partial charge on any atom is 0.268 e. The number of amides is 1. The molecule has 2 aromatic carbocycles. The quantitative estimate of drug-likeness (QED) is 0.738. The summed E-state index contributed by atoms with van der Waals surface area (Å²) >= 11 is 1.53. The van der Waals surface area contributed by atoms with Gasteiger partial charge in [-0.3, -0.25) is 4.79 Å². The zero-order valence-corrected chi connectivity index (χ0v) is 12.6. The minimum Gasteiger partial charge on any atom is -0.399 e. The van der Waals surface area contributed by atoms with Gasteiger partial charge in [0.15, 0.2) is 0 Å². The largest absolute Gasteiger partial charge is 0.399 e. The van der Waals surface area contributed by atoms with Gasteiger partial charge in [-0.2, -0.15) is 0 Å². The first kappa shape index (κ1) is 13.6. The van der Waals surface area contributed by atoms with Crippen molar-refractivity contribution in [3.05, 3.63) is 59.5 Å². The molecule has 0 saturated heterocycles. The van der Waals surface area contributed by atoms with Gasteiger partial charge in [-0.05, 0) is 48.7 Å². The molecule has 1 heterocycles. The third-order valence-corrected chi connectivity index (χ3v) is 4.51. The van der Waals surface area contributed by atoms with Gasteiger partial charge in [0.1, 0.15) is 0 Å². The minimum atomic E-state index is 0.0310. The average Bonchev–Trinajstić information content (AvgIpc) is 2.93. The van der Waals surface area contributed by atoms with Crippen molar-refractivity contribution in [1.29, 1.82) is 0 Å². The number of hydrogen-bond acceptors (Lipinski definition) is 3. The Morgan fingerprint density at radius 1 is 1.14 bits per heavy atom. The number of nitrogen functional groups attached to an aromatic ring is 1. The molecule has 0 spiro atoms. The van der Waals surface area contributed by atoms with E-state index in [1.165, 1.54) is 11.3 Å². The lowest BCUT2D eigenvalue weighted by Crippen LogP contribution is -2.29. The molecule has 1 amide bonds. The number of carbonyl (C=O) groups excluding carboxylic acids is 1. The molecule has 2 N–H and O–H groups in total. The lowest BCUT2D eigenvalue weighted by atomic mass is 10.2. The van der Waals surface area contributed by atoms with E-state index in [1.807, 2.05) is 61.5 Å². The fourth-order valence-electron chi connectivity index (χ4n) is 2.32. The first-order valence-corrected chi connectivity index (χ1v) is 7.66. The first-order chi connectivity index (χ1) is 10.2. The highest BCUT2D eigenvalue weighted by atomic mass is 32.1. The van der Waals surface area contributed by atoms with Crippen molar-refractivity contribution < 1.29 is 4.79 Å². The Morgan fingerprint density at radius 3 is 2.52 bits per heavy atom. The van der Waals surface area contributed by atoms with Gasteiger partial charge in [0.05, 0.1) is 4.88 Å². The molecule has 0 unspecified atom stereocenters. The summed E-state index contributed by atoms with van der Waals surface area (Å²) in [5, 5.41) is 1.11. The summed E-state index contributed by atoms with van der Waals surface area (Å²) in [6, 6.07) is 17.4. The Balaban J connectivity index is 1.96. The summed E-state index contributed by atoms with van der Waals surface area (Å²) in [6.07, 6.45) is 0. The van der Waals surface area contributed by atoms with Crippen LogP contribution in [0.3, 0.4) is 0 Å². The van der Waals surface area contributed by atoms with E-state index in [1.54, 1.807) is 4.90 Å². The Hall–Kier alpha value is -2.33. The van der Waals surface area contributed by atoms with Gasteiger partial charge in [0.25, 0.3) is 5.91 Å². The highest BCUT2D eigenvalue weighted by Gasteiger charge is 2.18. The van der Waals surface area contributed by atoms with Crippen molar-refractivity contribution in [2.75, 3.05) is 17.2 Å². The normalized spacial score (nSPS) is 10.7. The van der Waals surface area contributed by atoms with Crippen molar-refractivity contribution in [3.63, 3.8) is 0 Å². The van der Waals surface area contributed by atoms with Crippen LogP contribution in [-0.4, -0.2) is 12.5 Å². The highest BCUT2D eigenvalue weighted by Crippen LogP contribution is 2.28. The topological polar surface area (TPSA) is 46.3 Å². The molecule has 3 aromatic rings. The summed E-state index contributed by atoms with van der Waals surface area (Å²) in [4.78, 5) is 15.3. The van der Waals surface area contributed by atoms with E-state index in [4.69, 9.17) is 5.73 Å². The van der Waals surface area contributed by atoms with Gasteiger partial charge in [-0.15, -0.1) is 11.3 Å². The molecular formula is C17H16N2OS. The molecule has 3 rings (SSSR count). The van der Waals surface area contributed by atoms with Crippen LogP contribution >= 0.6 is 11.3 Å². The van der Waals surface area contributed by atoms with Gasteiger partial charge in [0, 0.05) is 22.6 Å². The standard InChI is InChI=1S/C17H16N2OS/c1-2-19(14-9-7-13(18)8-10-14)17(20)16-11-12-5-3-4-6-15(12)21-16/h3-11H,2,18H2,1H3. The third kappa shape index (κ3) is 2.62. The van der Waals surface area contributed by atoms with Crippen LogP contribution in [0.1, 0.15) is 16.6 Å². The van der Waals surface area contributed by atoms with Crippen LogP contribution < -0.4 is 10.6 Å². The van der Waals surface area contributed by atoms with E-state index in [9.17, 15) is 4.79 Å². The summed E-state index contributed by atoms with van der Waals surface area (Å²) in [6.45, 7) is 2.60. The fraction of sp³-hybridized carbons (Fsp3) is 0.118. The molecular weight excluding hydrogens is 280 g/mol. The van der Waals surface area contributed by atoms with Crippen molar-refractivity contribution in [3.8, 4) is 0 Å². The molecule has 21 heavy (non-hydrogen) atoms. The van der Waals surface area contributed by atoms with Gasteiger partial charge in [-0.25, -0.2) is 0 Å². The first-order valence-electron chi connectivity index (χ1n) is 6.85. The molecule has 4 heteroatoms. The SMILES string of the molecule is CCN(C(=O)c1cc2ccccc2s1)c1ccc(N)cc1. The molecule has 0 saturated carbocycles. The van der Waals surface area contributed by atoms with Crippen molar-refractivity contribution in [1.82, 2.24) is 0 Å². The summed E-state index contributed by atoms with van der Waals surface area (Å²) < 4.78 is 1.13. The lowest BCUT2D eigenvalue weighted by molar-refractivity contribution is 0.0992. The second-order valence-electron chi connectivity index (χ2n) is 4.79. The number of thiophene rings is 1. The predicted octanol–water partition coefficient (Wildman–Crippen LogP) is 4.15. The predicted molar refractivity (Wildman–Crippen MR) is 90.0 cm³/mol. The molecule has 0 bridgehead atoms. The third-order valence-electron chi connectivity index (χ3n) is 3.40. The molecule has 3 nitrogen and oxygen atoms in total. The van der Waals surface area contributed by atoms with Gasteiger partial charge in [-0.1, -0.05) is 18.2 Å². The van der Waals surface area contributed by atoms with Crippen LogP contribution in [-0.2, 0) is 0 Å². The van der Waals surface area contributed by atoms with E-state index < -0.39 is 0 Å². The summed E-state index contributed by atoms with van der Waals surface area (Å²) in [5.41, 5.74) is 7.27. The lowest BCUT2D eigenvalue weighted by Gasteiger charge is -2.20. The number of benzene rings is 2. The van der Waals surface area contributed by atoms with Crippen molar-refractivity contribution in [2.45, 2.75) is 6.92 Å². The van der Waals surface area contributed by atoms with E-state index in [0.29, 0.717) is 12.2 Å². The second-order valence-corrected chi connectivity index (χ2v) is 5.87. The number of nitrogens with two attached hydrogens (primary N) is 1. The van der Waals surface area contributed by atoms with Crippen LogP contribution in [0, 0.1) is 0 Å². The number of fused-ring (bicyclic) bond motifs is 1. The van der Waals surface area contributed by atoms with Gasteiger partial charge < -0.3 is 10.6 Å². The Bertz CT molecular complexity index is 744. The van der Waals surface area contributed by atoms with E-state index in [2.05, 4.69) is 0 Å². The minimum absolute atomic E-state index is 0.0310. The summed E-state index contributed by atoms with van der Waals surface area (Å²) in [7, 11) is 0. The molecule has 0 aliphatic rings. The molecule has 106 valence electrons. The monoisotopic (exact) mass is 296 g/mol. The van der Waals surface area contributed by atoms with Crippen LogP contribution in [0.5, 0.6) is 0 Å².